The van der Waals surface area contributed by atoms with Crippen LogP contribution in [-0.4, -0.2) is 22.9 Å². The monoisotopic (exact) mass is 238 g/mol. The van der Waals surface area contributed by atoms with Crippen molar-refractivity contribution >= 4 is 23.3 Å². The third kappa shape index (κ3) is 1.95. The molecule has 1 aromatic rings. The Morgan fingerprint density at radius 3 is 2.75 bits per heavy atom. The molecule has 0 radical (unpaired) electrons. The molecule has 1 unspecified atom stereocenters. The van der Waals surface area contributed by atoms with E-state index in [9.17, 15) is 9.59 Å². The number of rotatable bonds is 3. The molecule has 1 aromatic heterocycles. The minimum Gasteiger partial charge on any atom is -0.326 e. The minimum absolute atomic E-state index is 0.119. The van der Waals surface area contributed by atoms with E-state index in [0.29, 0.717) is 6.54 Å². The van der Waals surface area contributed by atoms with E-state index in [1.165, 1.54) is 4.90 Å². The van der Waals surface area contributed by atoms with E-state index in [1.54, 1.807) is 11.3 Å². The van der Waals surface area contributed by atoms with Gasteiger partial charge in [0.25, 0.3) is 5.91 Å². The maximum absolute atomic E-state index is 11.9. The van der Waals surface area contributed by atoms with Crippen molar-refractivity contribution < 1.29 is 9.59 Å². The van der Waals surface area contributed by atoms with Crippen molar-refractivity contribution in [1.82, 2.24) is 10.2 Å². The average Bonchev–Trinajstić information content (AvgIpc) is 2.81. The van der Waals surface area contributed by atoms with Gasteiger partial charge in [-0.2, -0.15) is 11.3 Å². The molecule has 16 heavy (non-hydrogen) atoms. The zero-order chi connectivity index (χ0) is 11.7. The Bertz CT molecular complexity index is 400. The first-order chi connectivity index (χ1) is 7.59. The predicted octanol–water partition coefficient (Wildman–Crippen LogP) is 1.82. The van der Waals surface area contributed by atoms with Crippen molar-refractivity contribution in [2.45, 2.75) is 26.4 Å². The van der Waals surface area contributed by atoms with Crippen molar-refractivity contribution in [2.24, 2.45) is 5.92 Å². The Morgan fingerprint density at radius 1 is 1.50 bits per heavy atom. The highest BCUT2D eigenvalue weighted by Crippen LogP contribution is 2.17. The largest absolute Gasteiger partial charge is 0.326 e. The standard InChI is InChI=1S/C11H14N2O2S/c1-7(2)9-10(14)13(11(15)12-9)5-8-3-4-16-6-8/h3-4,6-7,9H,5H2,1-2H3,(H,12,15). The number of hydrogen-bond donors (Lipinski definition) is 1. The molecule has 1 aliphatic heterocycles. The van der Waals surface area contributed by atoms with Gasteiger partial charge in [0, 0.05) is 0 Å². The zero-order valence-electron chi connectivity index (χ0n) is 9.27. The summed E-state index contributed by atoms with van der Waals surface area (Å²) in [6.07, 6.45) is 0. The molecule has 1 saturated heterocycles. The number of carbonyl (C=O) groups excluding carboxylic acids is 2. The van der Waals surface area contributed by atoms with Crippen molar-refractivity contribution in [2.75, 3.05) is 0 Å². The van der Waals surface area contributed by atoms with Crippen LogP contribution >= 0.6 is 11.3 Å². The smallest absolute Gasteiger partial charge is 0.325 e. The summed E-state index contributed by atoms with van der Waals surface area (Å²) in [7, 11) is 0. The van der Waals surface area contributed by atoms with Gasteiger partial charge in [-0.1, -0.05) is 13.8 Å². The summed E-state index contributed by atoms with van der Waals surface area (Å²) in [5, 5.41) is 6.59. The van der Waals surface area contributed by atoms with Crippen molar-refractivity contribution in [3.8, 4) is 0 Å². The van der Waals surface area contributed by atoms with Crippen LogP contribution in [-0.2, 0) is 11.3 Å². The van der Waals surface area contributed by atoms with Gasteiger partial charge < -0.3 is 5.32 Å². The number of nitrogens with zero attached hydrogens (tertiary/aromatic N) is 1. The molecule has 1 N–H and O–H groups in total. The summed E-state index contributed by atoms with van der Waals surface area (Å²) in [6, 6.07) is 1.27. The van der Waals surface area contributed by atoms with Crippen LogP contribution in [0.1, 0.15) is 19.4 Å². The van der Waals surface area contributed by atoms with Gasteiger partial charge in [0.1, 0.15) is 6.04 Å². The first kappa shape index (κ1) is 11.1. The van der Waals surface area contributed by atoms with Gasteiger partial charge >= 0.3 is 6.03 Å². The Kier molecular flexibility index (Phi) is 2.96. The van der Waals surface area contributed by atoms with Crippen LogP contribution in [0, 0.1) is 5.92 Å². The normalized spacial score (nSPS) is 20.7. The molecular formula is C11H14N2O2S. The van der Waals surface area contributed by atoms with Crippen LogP contribution in [0.2, 0.25) is 0 Å². The highest BCUT2D eigenvalue weighted by molar-refractivity contribution is 7.07. The summed E-state index contributed by atoms with van der Waals surface area (Å²) >= 11 is 1.56. The van der Waals surface area contributed by atoms with E-state index in [2.05, 4.69) is 5.32 Å². The fourth-order valence-electron chi connectivity index (χ4n) is 1.71. The maximum Gasteiger partial charge on any atom is 0.325 e. The number of nitrogens with one attached hydrogen (secondary N) is 1. The zero-order valence-corrected chi connectivity index (χ0v) is 10.1. The fraction of sp³-hybridized carbons (Fsp3) is 0.455. The van der Waals surface area contributed by atoms with Crippen LogP contribution in [0.4, 0.5) is 4.79 Å². The molecule has 0 spiro atoms. The molecule has 1 atom stereocenters. The molecule has 0 saturated carbocycles. The lowest BCUT2D eigenvalue weighted by Gasteiger charge is -2.13. The van der Waals surface area contributed by atoms with E-state index >= 15 is 0 Å². The molecule has 3 amide bonds. The van der Waals surface area contributed by atoms with Crippen LogP contribution in [0.5, 0.6) is 0 Å². The SMILES string of the molecule is CC(C)C1NC(=O)N(Cc2ccsc2)C1=O. The topological polar surface area (TPSA) is 49.4 Å². The number of carbonyl (C=O) groups is 2. The van der Waals surface area contributed by atoms with Gasteiger partial charge in [-0.15, -0.1) is 0 Å². The van der Waals surface area contributed by atoms with Crippen LogP contribution in [0.25, 0.3) is 0 Å². The minimum atomic E-state index is -0.369. The van der Waals surface area contributed by atoms with Gasteiger partial charge in [-0.25, -0.2) is 4.79 Å². The summed E-state index contributed by atoms with van der Waals surface area (Å²) in [5.74, 6) is 0.00937. The van der Waals surface area contributed by atoms with Gasteiger partial charge in [0.15, 0.2) is 0 Å². The summed E-state index contributed by atoms with van der Waals surface area (Å²) in [6.45, 7) is 4.23. The molecule has 2 heterocycles. The third-order valence-corrected chi connectivity index (χ3v) is 3.38. The van der Waals surface area contributed by atoms with Crippen LogP contribution in [0.3, 0.4) is 0 Å². The van der Waals surface area contributed by atoms with Gasteiger partial charge in [0.05, 0.1) is 6.54 Å². The summed E-state index contributed by atoms with van der Waals surface area (Å²) < 4.78 is 0. The van der Waals surface area contributed by atoms with Crippen molar-refractivity contribution in [1.29, 1.82) is 0 Å². The highest BCUT2D eigenvalue weighted by atomic mass is 32.1. The Hall–Kier alpha value is -1.36. The predicted molar refractivity (Wildman–Crippen MR) is 62.0 cm³/mol. The number of amides is 3. The third-order valence-electron chi connectivity index (χ3n) is 2.64. The highest BCUT2D eigenvalue weighted by Gasteiger charge is 2.39. The molecule has 2 rings (SSSR count). The van der Waals surface area contributed by atoms with E-state index in [0.717, 1.165) is 5.56 Å². The molecule has 1 fully saturated rings. The molecule has 5 heteroatoms. The Labute approximate surface area is 98.3 Å². The molecule has 0 aromatic carbocycles. The molecule has 0 aliphatic carbocycles. The van der Waals surface area contributed by atoms with Gasteiger partial charge in [-0.3, -0.25) is 9.69 Å². The maximum atomic E-state index is 11.9. The molecule has 0 bridgehead atoms. The van der Waals surface area contributed by atoms with E-state index in [-0.39, 0.29) is 23.9 Å². The second-order valence-electron chi connectivity index (χ2n) is 4.23. The van der Waals surface area contributed by atoms with Crippen LogP contribution in [0.15, 0.2) is 16.8 Å². The average molecular weight is 238 g/mol. The summed E-state index contributed by atoms with van der Waals surface area (Å²) in [5.41, 5.74) is 0.998. The molecule has 4 nitrogen and oxygen atoms in total. The number of thiophene rings is 1. The lowest BCUT2D eigenvalue weighted by atomic mass is 10.1. The fourth-order valence-corrected chi connectivity index (χ4v) is 2.37. The lowest BCUT2D eigenvalue weighted by molar-refractivity contribution is -0.128. The first-order valence-electron chi connectivity index (χ1n) is 5.22. The summed E-state index contributed by atoms with van der Waals surface area (Å²) in [4.78, 5) is 24.8. The van der Waals surface area contributed by atoms with Crippen molar-refractivity contribution in [3.63, 3.8) is 0 Å². The first-order valence-corrected chi connectivity index (χ1v) is 6.17. The second kappa shape index (κ2) is 4.25. The van der Waals surface area contributed by atoms with Crippen LogP contribution < -0.4 is 5.32 Å². The lowest BCUT2D eigenvalue weighted by Crippen LogP contribution is -2.34. The van der Waals surface area contributed by atoms with E-state index in [4.69, 9.17) is 0 Å². The number of hydrogen-bond acceptors (Lipinski definition) is 3. The van der Waals surface area contributed by atoms with Gasteiger partial charge in [-0.05, 0) is 28.3 Å². The quantitative estimate of drug-likeness (QED) is 0.817. The van der Waals surface area contributed by atoms with E-state index in [1.807, 2.05) is 30.7 Å². The number of imide groups is 1. The molecular weight excluding hydrogens is 224 g/mol. The van der Waals surface area contributed by atoms with E-state index < -0.39 is 0 Å². The molecule has 86 valence electrons. The number of urea groups is 1. The van der Waals surface area contributed by atoms with Gasteiger partial charge in [0.2, 0.25) is 0 Å². The second-order valence-corrected chi connectivity index (χ2v) is 5.01. The molecule has 1 aliphatic rings. The van der Waals surface area contributed by atoms with Crippen molar-refractivity contribution in [3.05, 3.63) is 22.4 Å². The Balaban J connectivity index is 2.11. The Morgan fingerprint density at radius 2 is 2.25 bits per heavy atom.